The smallest absolute Gasteiger partial charge is 0.332 e. The van der Waals surface area contributed by atoms with Crippen molar-refractivity contribution in [2.24, 2.45) is 13.0 Å². The highest BCUT2D eigenvalue weighted by Crippen LogP contribution is 2.09. The van der Waals surface area contributed by atoms with E-state index in [0.29, 0.717) is 24.3 Å². The van der Waals surface area contributed by atoms with Crippen LogP contribution in [0.25, 0.3) is 11.2 Å². The Morgan fingerprint density at radius 2 is 2.05 bits per heavy atom. The molecule has 0 aliphatic carbocycles. The molecular formula is C14H22N4O3. The Balaban J connectivity index is 2.60. The number of rotatable bonds is 6. The van der Waals surface area contributed by atoms with Gasteiger partial charge >= 0.3 is 5.69 Å². The Hall–Kier alpha value is -1.89. The molecule has 7 nitrogen and oxygen atoms in total. The molecule has 0 saturated carbocycles. The normalized spacial score (nSPS) is 11.7. The van der Waals surface area contributed by atoms with E-state index in [1.165, 1.54) is 7.05 Å². The van der Waals surface area contributed by atoms with Crippen LogP contribution in [0.5, 0.6) is 0 Å². The van der Waals surface area contributed by atoms with E-state index < -0.39 is 0 Å². The van der Waals surface area contributed by atoms with Crippen molar-refractivity contribution in [3.05, 3.63) is 27.2 Å². The second-order valence-electron chi connectivity index (χ2n) is 5.58. The molecule has 0 unspecified atom stereocenters. The molecule has 21 heavy (non-hydrogen) atoms. The van der Waals surface area contributed by atoms with E-state index in [9.17, 15) is 9.59 Å². The highest BCUT2D eigenvalue weighted by Gasteiger charge is 2.16. The number of nitrogens with zero attached hydrogens (tertiary/aromatic N) is 4. The fraction of sp³-hybridized carbons (Fsp3) is 0.643. The lowest BCUT2D eigenvalue weighted by Gasteiger charge is -2.12. The van der Waals surface area contributed by atoms with E-state index >= 15 is 0 Å². The molecule has 2 aromatic heterocycles. The summed E-state index contributed by atoms with van der Waals surface area (Å²) in [7, 11) is 1.49. The molecular weight excluding hydrogens is 272 g/mol. The van der Waals surface area contributed by atoms with Crippen LogP contribution in [0, 0.1) is 5.92 Å². The lowest BCUT2D eigenvalue weighted by molar-refractivity contribution is 0.0799. The van der Waals surface area contributed by atoms with Gasteiger partial charge in [0.2, 0.25) is 0 Å². The molecule has 0 bridgehead atoms. The molecule has 0 aliphatic rings. The minimum atomic E-state index is -0.340. The zero-order valence-electron chi connectivity index (χ0n) is 13.0. The number of imidazole rings is 1. The molecule has 0 aliphatic heterocycles. The van der Waals surface area contributed by atoms with Crippen LogP contribution < -0.4 is 11.2 Å². The SMILES string of the molecule is CCCOCn1cnc2c1c(=O)n(C)c(=O)n2CC(C)C. The highest BCUT2D eigenvalue weighted by atomic mass is 16.5. The summed E-state index contributed by atoms with van der Waals surface area (Å²) in [5.74, 6) is 0.282. The maximum atomic E-state index is 12.3. The standard InChI is InChI=1S/C14H22N4O3/c1-5-6-21-9-17-8-15-12-11(17)13(19)16(4)14(20)18(12)7-10(2)3/h8,10H,5-7,9H2,1-4H3. The average Bonchev–Trinajstić information content (AvgIpc) is 2.85. The molecule has 0 spiro atoms. The van der Waals surface area contributed by atoms with Gasteiger partial charge in [-0.3, -0.25) is 13.9 Å². The molecule has 116 valence electrons. The summed E-state index contributed by atoms with van der Waals surface area (Å²) in [6.45, 7) is 7.46. The van der Waals surface area contributed by atoms with Crippen LogP contribution >= 0.6 is 0 Å². The molecule has 2 heterocycles. The summed E-state index contributed by atoms with van der Waals surface area (Å²) in [5.41, 5.74) is 0.166. The van der Waals surface area contributed by atoms with Crippen LogP contribution in [0.1, 0.15) is 27.2 Å². The summed E-state index contributed by atoms with van der Waals surface area (Å²) in [6.07, 6.45) is 2.46. The number of aromatic nitrogens is 4. The van der Waals surface area contributed by atoms with Crippen molar-refractivity contribution in [3.8, 4) is 0 Å². The summed E-state index contributed by atoms with van der Waals surface area (Å²) in [5, 5.41) is 0. The molecule has 0 amide bonds. The van der Waals surface area contributed by atoms with Gasteiger partial charge in [-0.15, -0.1) is 0 Å². The number of hydrogen-bond acceptors (Lipinski definition) is 4. The number of ether oxygens (including phenoxy) is 1. The van der Waals surface area contributed by atoms with Gasteiger partial charge in [-0.25, -0.2) is 9.78 Å². The lowest BCUT2D eigenvalue weighted by atomic mass is 10.2. The van der Waals surface area contributed by atoms with Crippen LogP contribution in [0.4, 0.5) is 0 Å². The molecule has 0 N–H and O–H groups in total. The van der Waals surface area contributed by atoms with Crippen molar-refractivity contribution < 1.29 is 4.74 Å². The zero-order chi connectivity index (χ0) is 15.6. The topological polar surface area (TPSA) is 71.1 Å². The van der Waals surface area contributed by atoms with Crippen LogP contribution in [0.3, 0.4) is 0 Å². The predicted octanol–water partition coefficient (Wildman–Crippen LogP) is 0.937. The van der Waals surface area contributed by atoms with Crippen LogP contribution in [-0.4, -0.2) is 25.3 Å². The summed E-state index contributed by atoms with van der Waals surface area (Å²) < 4.78 is 9.81. The molecule has 0 saturated heterocycles. The molecule has 0 radical (unpaired) electrons. The summed E-state index contributed by atoms with van der Waals surface area (Å²) in [6, 6.07) is 0. The van der Waals surface area contributed by atoms with E-state index in [1.807, 2.05) is 20.8 Å². The Morgan fingerprint density at radius 3 is 2.67 bits per heavy atom. The van der Waals surface area contributed by atoms with Crippen molar-refractivity contribution in [3.63, 3.8) is 0 Å². The monoisotopic (exact) mass is 294 g/mol. The molecule has 0 atom stereocenters. The Labute approximate surface area is 122 Å². The first-order chi connectivity index (χ1) is 9.97. The first-order valence-corrected chi connectivity index (χ1v) is 7.19. The largest absolute Gasteiger partial charge is 0.361 e. The highest BCUT2D eigenvalue weighted by molar-refractivity contribution is 5.69. The van der Waals surface area contributed by atoms with E-state index in [1.54, 1.807) is 15.5 Å². The number of fused-ring (bicyclic) bond motifs is 1. The maximum Gasteiger partial charge on any atom is 0.332 e. The van der Waals surface area contributed by atoms with Gasteiger partial charge in [0.25, 0.3) is 5.56 Å². The van der Waals surface area contributed by atoms with E-state index in [4.69, 9.17) is 4.74 Å². The third kappa shape index (κ3) is 2.92. The van der Waals surface area contributed by atoms with Gasteiger partial charge < -0.3 is 9.30 Å². The van der Waals surface area contributed by atoms with Crippen LogP contribution in [0.15, 0.2) is 15.9 Å². The fourth-order valence-electron chi connectivity index (χ4n) is 2.24. The van der Waals surface area contributed by atoms with Gasteiger partial charge in [0, 0.05) is 20.2 Å². The minimum absolute atomic E-state index is 0.263. The summed E-state index contributed by atoms with van der Waals surface area (Å²) in [4.78, 5) is 28.8. The first-order valence-electron chi connectivity index (χ1n) is 7.19. The molecule has 7 heteroatoms. The van der Waals surface area contributed by atoms with E-state index in [-0.39, 0.29) is 23.9 Å². The molecule has 0 fully saturated rings. The predicted molar refractivity (Wildman–Crippen MR) is 80.3 cm³/mol. The Kier molecular flexibility index (Phi) is 4.62. The van der Waals surface area contributed by atoms with Gasteiger partial charge in [0.1, 0.15) is 6.73 Å². The van der Waals surface area contributed by atoms with Gasteiger partial charge in [-0.1, -0.05) is 20.8 Å². The van der Waals surface area contributed by atoms with Crippen molar-refractivity contribution in [1.29, 1.82) is 0 Å². The minimum Gasteiger partial charge on any atom is -0.361 e. The lowest BCUT2D eigenvalue weighted by Crippen LogP contribution is -2.39. The first kappa shape index (κ1) is 15.5. The third-order valence-corrected chi connectivity index (χ3v) is 3.23. The van der Waals surface area contributed by atoms with Crippen molar-refractivity contribution in [2.45, 2.75) is 40.5 Å². The quantitative estimate of drug-likeness (QED) is 0.743. The Morgan fingerprint density at radius 1 is 1.33 bits per heavy atom. The maximum absolute atomic E-state index is 12.3. The third-order valence-electron chi connectivity index (χ3n) is 3.23. The molecule has 2 aromatic rings. The van der Waals surface area contributed by atoms with E-state index in [2.05, 4.69) is 4.98 Å². The van der Waals surface area contributed by atoms with Crippen LogP contribution in [0.2, 0.25) is 0 Å². The van der Waals surface area contributed by atoms with E-state index in [0.717, 1.165) is 11.0 Å². The summed E-state index contributed by atoms with van der Waals surface area (Å²) >= 11 is 0. The van der Waals surface area contributed by atoms with Gasteiger partial charge in [-0.05, 0) is 12.3 Å². The second kappa shape index (κ2) is 6.26. The second-order valence-corrected chi connectivity index (χ2v) is 5.58. The van der Waals surface area contributed by atoms with Gasteiger partial charge in [0.15, 0.2) is 11.2 Å². The number of hydrogen-bond donors (Lipinski definition) is 0. The fourth-order valence-corrected chi connectivity index (χ4v) is 2.24. The van der Waals surface area contributed by atoms with Crippen LogP contribution in [-0.2, 0) is 25.1 Å². The molecule has 0 aromatic carbocycles. The molecule has 2 rings (SSSR count). The van der Waals surface area contributed by atoms with Crippen molar-refractivity contribution >= 4 is 11.2 Å². The zero-order valence-corrected chi connectivity index (χ0v) is 13.0. The van der Waals surface area contributed by atoms with Gasteiger partial charge in [0.05, 0.1) is 6.33 Å². The van der Waals surface area contributed by atoms with Gasteiger partial charge in [-0.2, -0.15) is 0 Å². The average molecular weight is 294 g/mol. The Bertz CT molecular complexity index is 739. The van der Waals surface area contributed by atoms with Crippen molar-refractivity contribution in [1.82, 2.24) is 18.7 Å². The van der Waals surface area contributed by atoms with Crippen molar-refractivity contribution in [2.75, 3.05) is 6.61 Å².